The number of imide groups is 1. The fraction of sp³-hybridized carbons (Fsp3) is 0.222. The minimum Gasteiger partial charge on any atom is -0.377 e. The van der Waals surface area contributed by atoms with Gasteiger partial charge in [-0.3, -0.25) is 14.5 Å². The van der Waals surface area contributed by atoms with Gasteiger partial charge in [0.05, 0.1) is 24.3 Å². The van der Waals surface area contributed by atoms with E-state index in [1.165, 1.54) is 4.90 Å². The molecule has 0 saturated carbocycles. The normalized spacial score (nSPS) is 13.6. The molecule has 1 aliphatic rings. The molecule has 0 bridgehead atoms. The number of hydrogen-bond acceptors (Lipinski definition) is 3. The van der Waals surface area contributed by atoms with Gasteiger partial charge >= 0.3 is 0 Å². The second-order valence-corrected chi connectivity index (χ2v) is 5.20. The van der Waals surface area contributed by atoms with Crippen molar-refractivity contribution in [2.24, 2.45) is 0 Å². The summed E-state index contributed by atoms with van der Waals surface area (Å²) in [6.45, 7) is 3.50. The van der Waals surface area contributed by atoms with Gasteiger partial charge in [0.15, 0.2) is 0 Å². The largest absolute Gasteiger partial charge is 0.377 e. The number of amides is 2. The van der Waals surface area contributed by atoms with Gasteiger partial charge in [0.2, 0.25) is 0 Å². The first-order chi connectivity index (χ1) is 10.7. The van der Waals surface area contributed by atoms with Gasteiger partial charge < -0.3 is 4.74 Å². The van der Waals surface area contributed by atoms with E-state index >= 15 is 0 Å². The van der Waals surface area contributed by atoms with Crippen LogP contribution in [0.4, 0.5) is 0 Å². The molecule has 112 valence electrons. The third-order valence-corrected chi connectivity index (χ3v) is 3.71. The monoisotopic (exact) mass is 295 g/mol. The molecule has 3 rings (SSSR count). The zero-order valence-corrected chi connectivity index (χ0v) is 12.4. The highest BCUT2D eigenvalue weighted by molar-refractivity contribution is 6.21. The van der Waals surface area contributed by atoms with Crippen molar-refractivity contribution in [3.8, 4) is 0 Å². The molecule has 4 heteroatoms. The number of fused-ring (bicyclic) bond motifs is 1. The van der Waals surface area contributed by atoms with E-state index in [0.29, 0.717) is 30.9 Å². The van der Waals surface area contributed by atoms with Crippen molar-refractivity contribution in [3.05, 3.63) is 70.8 Å². The van der Waals surface area contributed by atoms with Gasteiger partial charge in [0, 0.05) is 6.61 Å². The standard InChI is InChI=1S/C18H17NO3/c1-2-22-12-14-9-7-13(8-10-14)11-19-17(20)15-5-3-4-6-16(15)18(19)21/h3-10H,2,11-12H2,1H3. The fourth-order valence-corrected chi connectivity index (χ4v) is 2.53. The predicted molar refractivity (Wildman–Crippen MR) is 82.4 cm³/mol. The molecule has 2 aromatic carbocycles. The highest BCUT2D eigenvalue weighted by atomic mass is 16.5. The third-order valence-electron chi connectivity index (χ3n) is 3.71. The van der Waals surface area contributed by atoms with Crippen LogP contribution in [0.3, 0.4) is 0 Å². The Balaban J connectivity index is 1.74. The zero-order chi connectivity index (χ0) is 15.5. The van der Waals surface area contributed by atoms with Gasteiger partial charge in [0.25, 0.3) is 11.8 Å². The maximum absolute atomic E-state index is 12.3. The molecule has 2 aromatic rings. The average molecular weight is 295 g/mol. The molecule has 0 unspecified atom stereocenters. The highest BCUT2D eigenvalue weighted by Gasteiger charge is 2.34. The summed E-state index contributed by atoms with van der Waals surface area (Å²) in [7, 11) is 0. The van der Waals surface area contributed by atoms with Crippen molar-refractivity contribution >= 4 is 11.8 Å². The lowest BCUT2D eigenvalue weighted by Crippen LogP contribution is -2.29. The molecule has 22 heavy (non-hydrogen) atoms. The van der Waals surface area contributed by atoms with Crippen LogP contribution >= 0.6 is 0 Å². The zero-order valence-electron chi connectivity index (χ0n) is 12.4. The van der Waals surface area contributed by atoms with Gasteiger partial charge in [-0.1, -0.05) is 36.4 Å². The van der Waals surface area contributed by atoms with Gasteiger partial charge in [-0.2, -0.15) is 0 Å². The van der Waals surface area contributed by atoms with E-state index in [9.17, 15) is 9.59 Å². The Bertz CT molecular complexity index is 672. The van der Waals surface area contributed by atoms with Crippen LogP contribution in [0.1, 0.15) is 38.8 Å². The summed E-state index contributed by atoms with van der Waals surface area (Å²) < 4.78 is 5.35. The van der Waals surface area contributed by atoms with Crippen LogP contribution in [-0.2, 0) is 17.9 Å². The van der Waals surface area contributed by atoms with Crippen LogP contribution in [0.5, 0.6) is 0 Å². The first kappa shape index (κ1) is 14.5. The first-order valence-corrected chi connectivity index (χ1v) is 7.31. The Morgan fingerprint density at radius 3 is 1.95 bits per heavy atom. The molecule has 0 spiro atoms. The van der Waals surface area contributed by atoms with E-state index in [-0.39, 0.29) is 11.8 Å². The minimum absolute atomic E-state index is 0.223. The van der Waals surface area contributed by atoms with E-state index < -0.39 is 0 Å². The number of nitrogens with zero attached hydrogens (tertiary/aromatic N) is 1. The fourth-order valence-electron chi connectivity index (χ4n) is 2.53. The first-order valence-electron chi connectivity index (χ1n) is 7.31. The van der Waals surface area contributed by atoms with Crippen LogP contribution in [-0.4, -0.2) is 23.3 Å². The van der Waals surface area contributed by atoms with E-state index in [0.717, 1.165) is 11.1 Å². The summed E-state index contributed by atoms with van der Waals surface area (Å²) in [6, 6.07) is 14.7. The van der Waals surface area contributed by atoms with Crippen molar-refractivity contribution in [1.29, 1.82) is 0 Å². The summed E-state index contributed by atoms with van der Waals surface area (Å²) in [6.07, 6.45) is 0. The van der Waals surface area contributed by atoms with Crippen LogP contribution in [0, 0.1) is 0 Å². The van der Waals surface area contributed by atoms with Crippen molar-refractivity contribution in [2.75, 3.05) is 6.61 Å². The summed E-state index contributed by atoms with van der Waals surface area (Å²) in [4.78, 5) is 25.9. The van der Waals surface area contributed by atoms with Crippen molar-refractivity contribution < 1.29 is 14.3 Å². The maximum atomic E-state index is 12.3. The summed E-state index contributed by atoms with van der Waals surface area (Å²) in [5.74, 6) is -0.446. The summed E-state index contributed by atoms with van der Waals surface area (Å²) in [5.41, 5.74) is 2.98. The molecular formula is C18H17NO3. The Morgan fingerprint density at radius 1 is 0.864 bits per heavy atom. The molecule has 4 nitrogen and oxygen atoms in total. The molecule has 0 aliphatic carbocycles. The molecule has 2 amide bonds. The SMILES string of the molecule is CCOCc1ccc(CN2C(=O)c3ccccc3C2=O)cc1. The van der Waals surface area contributed by atoms with E-state index in [2.05, 4.69) is 0 Å². The number of carbonyl (C=O) groups excluding carboxylic acids is 2. The Labute approximate surface area is 129 Å². The molecule has 0 saturated heterocycles. The van der Waals surface area contributed by atoms with E-state index in [1.807, 2.05) is 31.2 Å². The number of hydrogen-bond donors (Lipinski definition) is 0. The maximum Gasteiger partial charge on any atom is 0.261 e. The van der Waals surface area contributed by atoms with E-state index in [1.54, 1.807) is 24.3 Å². The van der Waals surface area contributed by atoms with Crippen LogP contribution in [0.25, 0.3) is 0 Å². The topological polar surface area (TPSA) is 46.6 Å². The smallest absolute Gasteiger partial charge is 0.261 e. The number of carbonyl (C=O) groups is 2. The van der Waals surface area contributed by atoms with Crippen molar-refractivity contribution in [1.82, 2.24) is 4.90 Å². The second kappa shape index (κ2) is 6.12. The summed E-state index contributed by atoms with van der Waals surface area (Å²) >= 11 is 0. The highest BCUT2D eigenvalue weighted by Crippen LogP contribution is 2.24. The molecular weight excluding hydrogens is 278 g/mol. The molecule has 0 radical (unpaired) electrons. The average Bonchev–Trinajstić information content (AvgIpc) is 2.80. The molecule has 0 N–H and O–H groups in total. The van der Waals surface area contributed by atoms with Crippen molar-refractivity contribution in [3.63, 3.8) is 0 Å². The minimum atomic E-state index is -0.223. The van der Waals surface area contributed by atoms with Crippen LogP contribution < -0.4 is 0 Å². The van der Waals surface area contributed by atoms with Gasteiger partial charge in [-0.05, 0) is 30.2 Å². The second-order valence-electron chi connectivity index (χ2n) is 5.20. The predicted octanol–water partition coefficient (Wildman–Crippen LogP) is 3.02. The van der Waals surface area contributed by atoms with Crippen LogP contribution in [0.15, 0.2) is 48.5 Å². The van der Waals surface area contributed by atoms with Gasteiger partial charge in [-0.25, -0.2) is 0 Å². The quantitative estimate of drug-likeness (QED) is 0.797. The molecule has 0 fully saturated rings. The number of rotatable bonds is 5. The van der Waals surface area contributed by atoms with Gasteiger partial charge in [0.1, 0.15) is 0 Å². The van der Waals surface area contributed by atoms with Gasteiger partial charge in [-0.15, -0.1) is 0 Å². The number of benzene rings is 2. The Morgan fingerprint density at radius 2 is 1.41 bits per heavy atom. The lowest BCUT2D eigenvalue weighted by molar-refractivity contribution is 0.0642. The Hall–Kier alpha value is -2.46. The number of ether oxygens (including phenoxy) is 1. The van der Waals surface area contributed by atoms with Crippen molar-refractivity contribution in [2.45, 2.75) is 20.1 Å². The molecule has 1 heterocycles. The molecule has 0 atom stereocenters. The summed E-state index contributed by atoms with van der Waals surface area (Å²) in [5, 5.41) is 0. The Kier molecular flexibility index (Phi) is 4.02. The molecule has 0 aromatic heterocycles. The lowest BCUT2D eigenvalue weighted by atomic mass is 10.1. The lowest BCUT2D eigenvalue weighted by Gasteiger charge is -2.14. The van der Waals surface area contributed by atoms with Crippen LogP contribution in [0.2, 0.25) is 0 Å². The molecule has 1 aliphatic heterocycles. The van der Waals surface area contributed by atoms with E-state index in [4.69, 9.17) is 4.74 Å². The third kappa shape index (κ3) is 2.65.